The van der Waals surface area contributed by atoms with Gasteiger partial charge in [0.15, 0.2) is 5.82 Å². The van der Waals surface area contributed by atoms with Gasteiger partial charge in [0, 0.05) is 13.0 Å². The third kappa shape index (κ3) is 3.49. The van der Waals surface area contributed by atoms with Gasteiger partial charge in [0.2, 0.25) is 5.91 Å². The van der Waals surface area contributed by atoms with E-state index in [1.807, 2.05) is 42.5 Å². The van der Waals surface area contributed by atoms with Crippen LogP contribution in [0, 0.1) is 5.82 Å². The van der Waals surface area contributed by atoms with Crippen LogP contribution in [0.3, 0.4) is 0 Å². The fraction of sp³-hybridized carbons (Fsp3) is 0.250. The Balaban J connectivity index is 1.40. The van der Waals surface area contributed by atoms with Crippen LogP contribution in [0.25, 0.3) is 10.8 Å². The van der Waals surface area contributed by atoms with Crippen LogP contribution in [0.5, 0.6) is 6.01 Å². The van der Waals surface area contributed by atoms with Crippen LogP contribution >= 0.6 is 0 Å². The number of rotatable bonds is 4. The maximum atomic E-state index is 12.9. The van der Waals surface area contributed by atoms with E-state index in [9.17, 15) is 9.18 Å². The van der Waals surface area contributed by atoms with E-state index in [4.69, 9.17) is 4.74 Å². The third-order valence-corrected chi connectivity index (χ3v) is 4.59. The summed E-state index contributed by atoms with van der Waals surface area (Å²) in [5.74, 6) is -0.428. The molecule has 1 aliphatic rings. The molecule has 1 aliphatic heterocycles. The van der Waals surface area contributed by atoms with Gasteiger partial charge in [-0.2, -0.15) is 0 Å². The van der Waals surface area contributed by atoms with Crippen molar-refractivity contribution in [3.8, 4) is 6.01 Å². The first-order valence-electron chi connectivity index (χ1n) is 8.57. The average molecular weight is 351 g/mol. The highest BCUT2D eigenvalue weighted by molar-refractivity contribution is 5.90. The van der Waals surface area contributed by atoms with Gasteiger partial charge in [-0.05, 0) is 16.3 Å². The lowest BCUT2D eigenvalue weighted by atomic mass is 10.0. The van der Waals surface area contributed by atoms with Gasteiger partial charge in [0.1, 0.15) is 6.10 Å². The number of fused-ring (bicyclic) bond motifs is 1. The molecule has 1 atom stereocenters. The zero-order chi connectivity index (χ0) is 17.9. The lowest BCUT2D eigenvalue weighted by Gasteiger charge is -2.17. The van der Waals surface area contributed by atoms with Crippen molar-refractivity contribution in [2.24, 2.45) is 0 Å². The first-order chi connectivity index (χ1) is 12.7. The molecular weight excluding hydrogens is 333 g/mol. The van der Waals surface area contributed by atoms with Crippen molar-refractivity contribution in [2.75, 3.05) is 13.1 Å². The summed E-state index contributed by atoms with van der Waals surface area (Å²) in [5.41, 5.74) is 1.03. The monoisotopic (exact) mass is 351 g/mol. The maximum Gasteiger partial charge on any atom is 0.316 e. The first kappa shape index (κ1) is 16.4. The molecule has 0 saturated carbocycles. The van der Waals surface area contributed by atoms with E-state index in [1.54, 1.807) is 4.90 Å². The molecule has 3 aromatic rings. The fourth-order valence-electron chi connectivity index (χ4n) is 3.28. The summed E-state index contributed by atoms with van der Waals surface area (Å²) in [5, 5.41) is 2.24. The van der Waals surface area contributed by atoms with Crippen molar-refractivity contribution in [2.45, 2.75) is 18.9 Å². The van der Waals surface area contributed by atoms with Crippen molar-refractivity contribution in [1.29, 1.82) is 0 Å². The van der Waals surface area contributed by atoms with Crippen LogP contribution in [-0.4, -0.2) is 40.0 Å². The second-order valence-electron chi connectivity index (χ2n) is 6.37. The highest BCUT2D eigenvalue weighted by Gasteiger charge is 2.28. The summed E-state index contributed by atoms with van der Waals surface area (Å²) in [4.78, 5) is 22.1. The van der Waals surface area contributed by atoms with Crippen LogP contribution in [0.1, 0.15) is 12.0 Å². The zero-order valence-electron chi connectivity index (χ0n) is 14.1. The molecule has 0 unspecified atom stereocenters. The lowest BCUT2D eigenvalue weighted by molar-refractivity contribution is -0.129. The van der Waals surface area contributed by atoms with Gasteiger partial charge in [-0.3, -0.25) is 4.79 Å². The number of carbonyl (C=O) groups excluding carboxylic acids is 1. The van der Waals surface area contributed by atoms with Gasteiger partial charge in [-0.1, -0.05) is 42.5 Å². The van der Waals surface area contributed by atoms with E-state index in [0.29, 0.717) is 25.9 Å². The molecule has 1 saturated heterocycles. The largest absolute Gasteiger partial charge is 0.458 e. The Morgan fingerprint density at radius 2 is 1.92 bits per heavy atom. The van der Waals surface area contributed by atoms with E-state index in [0.717, 1.165) is 28.7 Å². The Bertz CT molecular complexity index is 924. The highest BCUT2D eigenvalue weighted by Crippen LogP contribution is 2.21. The van der Waals surface area contributed by atoms with Gasteiger partial charge in [-0.15, -0.1) is 0 Å². The summed E-state index contributed by atoms with van der Waals surface area (Å²) in [6.07, 6.45) is 3.04. The zero-order valence-corrected chi connectivity index (χ0v) is 14.1. The number of hydrogen-bond acceptors (Lipinski definition) is 4. The number of benzene rings is 2. The molecule has 4 rings (SSSR count). The predicted octanol–water partition coefficient (Wildman–Crippen LogP) is 2.99. The minimum atomic E-state index is -0.504. The molecule has 132 valence electrons. The molecule has 0 aliphatic carbocycles. The van der Waals surface area contributed by atoms with Gasteiger partial charge in [-0.25, -0.2) is 14.4 Å². The van der Waals surface area contributed by atoms with Crippen molar-refractivity contribution in [3.05, 3.63) is 66.2 Å². The van der Waals surface area contributed by atoms with Crippen LogP contribution in [-0.2, 0) is 11.2 Å². The second-order valence-corrected chi connectivity index (χ2v) is 6.37. The minimum absolute atomic E-state index is 0.0764. The lowest BCUT2D eigenvalue weighted by Crippen LogP contribution is -2.32. The number of halogens is 1. The van der Waals surface area contributed by atoms with Gasteiger partial charge in [0.05, 0.1) is 25.4 Å². The summed E-state index contributed by atoms with van der Waals surface area (Å²) in [6, 6.07) is 14.2. The van der Waals surface area contributed by atoms with Crippen LogP contribution < -0.4 is 4.74 Å². The predicted molar refractivity (Wildman–Crippen MR) is 95.3 cm³/mol. The van der Waals surface area contributed by atoms with E-state index in [2.05, 4.69) is 9.97 Å². The van der Waals surface area contributed by atoms with Gasteiger partial charge in [0.25, 0.3) is 0 Å². The molecule has 1 amide bonds. The van der Waals surface area contributed by atoms with Crippen molar-refractivity contribution in [1.82, 2.24) is 14.9 Å². The topological polar surface area (TPSA) is 55.3 Å². The summed E-state index contributed by atoms with van der Waals surface area (Å²) >= 11 is 0. The Hall–Kier alpha value is -3.02. The third-order valence-electron chi connectivity index (χ3n) is 4.59. The molecule has 6 heteroatoms. The quantitative estimate of drug-likeness (QED) is 0.725. The Morgan fingerprint density at radius 3 is 2.77 bits per heavy atom. The molecule has 2 aromatic carbocycles. The molecule has 5 nitrogen and oxygen atoms in total. The number of aromatic nitrogens is 2. The maximum absolute atomic E-state index is 12.9. The molecule has 2 heterocycles. The summed E-state index contributed by atoms with van der Waals surface area (Å²) < 4.78 is 18.5. The molecule has 26 heavy (non-hydrogen) atoms. The number of hydrogen-bond donors (Lipinski definition) is 0. The van der Waals surface area contributed by atoms with Crippen LogP contribution in [0.2, 0.25) is 0 Å². The summed E-state index contributed by atoms with van der Waals surface area (Å²) in [7, 11) is 0. The van der Waals surface area contributed by atoms with Crippen molar-refractivity contribution in [3.63, 3.8) is 0 Å². The molecule has 0 radical (unpaired) electrons. The van der Waals surface area contributed by atoms with E-state index >= 15 is 0 Å². The molecular formula is C20H18FN3O2. The fourth-order valence-corrected chi connectivity index (χ4v) is 3.28. The smallest absolute Gasteiger partial charge is 0.316 e. The summed E-state index contributed by atoms with van der Waals surface area (Å²) in [6.45, 7) is 1.12. The number of amides is 1. The Labute approximate surface area is 150 Å². The van der Waals surface area contributed by atoms with E-state index < -0.39 is 5.82 Å². The normalized spacial score (nSPS) is 16.8. The van der Waals surface area contributed by atoms with Crippen molar-refractivity contribution < 1.29 is 13.9 Å². The number of carbonyl (C=O) groups is 1. The van der Waals surface area contributed by atoms with Crippen molar-refractivity contribution >= 4 is 16.7 Å². The van der Waals surface area contributed by atoms with Gasteiger partial charge < -0.3 is 9.64 Å². The van der Waals surface area contributed by atoms with Crippen LogP contribution in [0.4, 0.5) is 4.39 Å². The Morgan fingerprint density at radius 1 is 1.15 bits per heavy atom. The first-order valence-corrected chi connectivity index (χ1v) is 8.57. The van der Waals surface area contributed by atoms with Gasteiger partial charge >= 0.3 is 6.01 Å². The average Bonchev–Trinajstić information content (AvgIpc) is 3.13. The Kier molecular flexibility index (Phi) is 4.48. The van der Waals surface area contributed by atoms with E-state index in [-0.39, 0.29) is 18.0 Å². The molecule has 0 N–H and O–H groups in total. The second kappa shape index (κ2) is 7.07. The highest BCUT2D eigenvalue weighted by atomic mass is 19.1. The number of nitrogens with zero attached hydrogens (tertiary/aromatic N) is 3. The van der Waals surface area contributed by atoms with Crippen LogP contribution in [0.15, 0.2) is 54.9 Å². The molecule has 0 bridgehead atoms. The number of likely N-dealkylation sites (tertiary alicyclic amines) is 1. The molecule has 0 spiro atoms. The molecule has 1 aromatic heterocycles. The number of ether oxygens (including phenoxy) is 1. The van der Waals surface area contributed by atoms with E-state index in [1.165, 1.54) is 0 Å². The SMILES string of the molecule is O=C(Cc1cccc2ccccc12)N1CC[C@@H](Oc2ncc(F)cn2)C1. The minimum Gasteiger partial charge on any atom is -0.458 e. The molecule has 1 fully saturated rings. The standard InChI is InChI=1S/C20H18FN3O2/c21-16-11-22-20(23-12-16)26-17-8-9-24(13-17)19(25)10-15-6-3-5-14-4-1-2-7-18(14)15/h1-7,11-12,17H,8-10,13H2/t17-/m1/s1.